The zero-order chi connectivity index (χ0) is 24.1. The van der Waals surface area contributed by atoms with Gasteiger partial charge in [0.05, 0.1) is 30.3 Å². The first-order valence-corrected chi connectivity index (χ1v) is 11.2. The fraction of sp³-hybridized carbons (Fsp3) is 0.222. The summed E-state index contributed by atoms with van der Waals surface area (Å²) < 4.78 is 5.16. The molecule has 4 rings (SSSR count). The van der Waals surface area contributed by atoms with E-state index in [-0.39, 0.29) is 36.7 Å². The molecule has 0 bridgehead atoms. The molecule has 0 saturated carbocycles. The molecule has 34 heavy (non-hydrogen) atoms. The van der Waals surface area contributed by atoms with Crippen LogP contribution < -0.4 is 20.3 Å². The number of methoxy groups -OCH3 is 1. The van der Waals surface area contributed by atoms with E-state index in [0.29, 0.717) is 17.0 Å². The van der Waals surface area contributed by atoms with Gasteiger partial charge in [0.1, 0.15) is 5.75 Å². The van der Waals surface area contributed by atoms with E-state index in [2.05, 4.69) is 10.6 Å². The third kappa shape index (κ3) is 5.09. The number of hydrogen-bond donors (Lipinski definition) is 2. The van der Waals surface area contributed by atoms with E-state index in [9.17, 15) is 14.4 Å². The predicted octanol–water partition coefficient (Wildman–Crippen LogP) is 4.18. The Morgan fingerprint density at radius 2 is 1.65 bits per heavy atom. The minimum absolute atomic E-state index is 0.108. The lowest BCUT2D eigenvalue weighted by molar-refractivity contribution is -0.122. The second kappa shape index (κ2) is 10.2. The van der Waals surface area contributed by atoms with Crippen molar-refractivity contribution in [2.75, 3.05) is 23.9 Å². The van der Waals surface area contributed by atoms with E-state index >= 15 is 0 Å². The summed E-state index contributed by atoms with van der Waals surface area (Å²) in [6.45, 7) is 2.18. The molecule has 7 heteroatoms. The molecule has 7 nitrogen and oxygen atoms in total. The molecule has 0 aromatic heterocycles. The van der Waals surface area contributed by atoms with Crippen LogP contribution in [-0.4, -0.2) is 31.4 Å². The molecular formula is C27H27N3O4. The van der Waals surface area contributed by atoms with E-state index < -0.39 is 5.92 Å². The highest BCUT2D eigenvalue weighted by Gasteiger charge is 2.35. The van der Waals surface area contributed by atoms with Gasteiger partial charge in [-0.05, 0) is 48.9 Å². The molecule has 3 amide bonds. The highest BCUT2D eigenvalue weighted by molar-refractivity contribution is 6.07. The van der Waals surface area contributed by atoms with E-state index in [1.54, 1.807) is 60.5 Å². The molecule has 1 fully saturated rings. The van der Waals surface area contributed by atoms with Crippen LogP contribution in [-0.2, 0) is 9.59 Å². The van der Waals surface area contributed by atoms with Crippen molar-refractivity contribution in [1.29, 1.82) is 0 Å². The molecule has 0 aliphatic carbocycles. The quantitative estimate of drug-likeness (QED) is 0.557. The minimum Gasteiger partial charge on any atom is -0.497 e. The maximum atomic E-state index is 13.0. The summed E-state index contributed by atoms with van der Waals surface area (Å²) in [6.07, 6.45) is 0.108. The molecule has 2 N–H and O–H groups in total. The Bertz CT molecular complexity index is 1180. The molecule has 2 atom stereocenters. The first-order valence-electron chi connectivity index (χ1n) is 11.2. The maximum absolute atomic E-state index is 13.0. The Morgan fingerprint density at radius 1 is 0.971 bits per heavy atom. The zero-order valence-corrected chi connectivity index (χ0v) is 19.2. The molecule has 1 aliphatic heterocycles. The standard InChI is InChI=1S/C27H27N3O4/c1-18(19-8-4-3-5-9-19)28-27(33)23-10-6-7-11-24(23)29-26(32)20-16-25(31)30(17-20)21-12-14-22(34-2)15-13-21/h3-15,18,20H,16-17H2,1-2H3,(H,28,33)(H,29,32)/t18-,20-/m1/s1. The van der Waals surface area contributed by atoms with Gasteiger partial charge in [0.15, 0.2) is 0 Å². The van der Waals surface area contributed by atoms with Gasteiger partial charge in [0.2, 0.25) is 11.8 Å². The summed E-state index contributed by atoms with van der Waals surface area (Å²) in [5, 5.41) is 5.84. The van der Waals surface area contributed by atoms with Crippen LogP contribution >= 0.6 is 0 Å². The number of amides is 3. The van der Waals surface area contributed by atoms with Gasteiger partial charge in [-0.3, -0.25) is 14.4 Å². The van der Waals surface area contributed by atoms with Crippen molar-refractivity contribution in [2.24, 2.45) is 5.92 Å². The summed E-state index contributed by atoms with van der Waals surface area (Å²) in [7, 11) is 1.58. The average molecular weight is 458 g/mol. The fourth-order valence-electron chi connectivity index (χ4n) is 4.02. The molecule has 0 unspecified atom stereocenters. The summed E-state index contributed by atoms with van der Waals surface area (Å²) in [5.74, 6) is -0.515. The molecular weight excluding hydrogens is 430 g/mol. The Kier molecular flexibility index (Phi) is 6.92. The van der Waals surface area contributed by atoms with Gasteiger partial charge >= 0.3 is 0 Å². The summed E-state index contributed by atoms with van der Waals surface area (Å²) in [6, 6.07) is 23.5. The lowest BCUT2D eigenvalue weighted by atomic mass is 10.1. The zero-order valence-electron chi connectivity index (χ0n) is 19.2. The van der Waals surface area contributed by atoms with Crippen LogP contribution in [0.3, 0.4) is 0 Å². The number of ether oxygens (including phenoxy) is 1. The van der Waals surface area contributed by atoms with Crippen LogP contribution in [0.4, 0.5) is 11.4 Å². The Labute approximate surface area is 198 Å². The van der Waals surface area contributed by atoms with Crippen molar-refractivity contribution in [3.05, 3.63) is 90.0 Å². The monoisotopic (exact) mass is 457 g/mol. The van der Waals surface area contributed by atoms with Gasteiger partial charge in [0.25, 0.3) is 5.91 Å². The second-order valence-corrected chi connectivity index (χ2v) is 8.24. The van der Waals surface area contributed by atoms with E-state index in [0.717, 1.165) is 11.3 Å². The van der Waals surface area contributed by atoms with Gasteiger partial charge in [-0.1, -0.05) is 42.5 Å². The third-order valence-electron chi connectivity index (χ3n) is 5.96. The molecule has 1 saturated heterocycles. The molecule has 1 aliphatic rings. The van der Waals surface area contributed by atoms with Crippen LogP contribution in [0.2, 0.25) is 0 Å². The van der Waals surface area contributed by atoms with Gasteiger partial charge < -0.3 is 20.3 Å². The van der Waals surface area contributed by atoms with E-state index in [4.69, 9.17) is 4.74 Å². The van der Waals surface area contributed by atoms with Gasteiger partial charge in [0, 0.05) is 18.7 Å². The number of carbonyl (C=O) groups excluding carboxylic acids is 3. The molecule has 3 aromatic rings. The SMILES string of the molecule is COc1ccc(N2C[C@H](C(=O)Nc3ccccc3C(=O)N[C@H](C)c3ccccc3)CC2=O)cc1. The lowest BCUT2D eigenvalue weighted by Crippen LogP contribution is -2.30. The van der Waals surface area contributed by atoms with Gasteiger partial charge in [-0.15, -0.1) is 0 Å². The number of hydrogen-bond acceptors (Lipinski definition) is 4. The van der Waals surface area contributed by atoms with Crippen molar-refractivity contribution in [3.8, 4) is 5.75 Å². The summed E-state index contributed by atoms with van der Waals surface area (Å²) in [5.41, 5.74) is 2.49. The van der Waals surface area contributed by atoms with Crippen molar-refractivity contribution in [1.82, 2.24) is 5.32 Å². The first kappa shape index (κ1) is 23.0. The van der Waals surface area contributed by atoms with Crippen LogP contribution in [0.25, 0.3) is 0 Å². The number of nitrogens with one attached hydrogen (secondary N) is 2. The Balaban J connectivity index is 1.43. The predicted molar refractivity (Wildman–Crippen MR) is 131 cm³/mol. The number of anilines is 2. The van der Waals surface area contributed by atoms with Gasteiger partial charge in [-0.2, -0.15) is 0 Å². The first-order chi connectivity index (χ1) is 16.5. The minimum atomic E-state index is -0.519. The number of nitrogens with zero attached hydrogens (tertiary/aromatic N) is 1. The molecule has 0 radical (unpaired) electrons. The highest BCUT2D eigenvalue weighted by atomic mass is 16.5. The van der Waals surface area contributed by atoms with Crippen LogP contribution in [0.15, 0.2) is 78.9 Å². The highest BCUT2D eigenvalue weighted by Crippen LogP contribution is 2.28. The number of benzene rings is 3. The lowest BCUT2D eigenvalue weighted by Gasteiger charge is -2.18. The largest absolute Gasteiger partial charge is 0.497 e. The molecule has 174 valence electrons. The van der Waals surface area contributed by atoms with Crippen LogP contribution in [0, 0.1) is 5.92 Å². The molecule has 3 aromatic carbocycles. The molecule has 1 heterocycles. The Morgan fingerprint density at radius 3 is 2.35 bits per heavy atom. The van der Waals surface area contributed by atoms with Crippen LogP contribution in [0.5, 0.6) is 5.75 Å². The fourth-order valence-corrected chi connectivity index (χ4v) is 4.02. The average Bonchev–Trinajstić information content (AvgIpc) is 3.26. The van der Waals surface area contributed by atoms with Crippen molar-refractivity contribution in [3.63, 3.8) is 0 Å². The topological polar surface area (TPSA) is 87.7 Å². The smallest absolute Gasteiger partial charge is 0.253 e. The number of carbonyl (C=O) groups is 3. The van der Waals surface area contributed by atoms with Gasteiger partial charge in [-0.25, -0.2) is 0 Å². The summed E-state index contributed by atoms with van der Waals surface area (Å²) >= 11 is 0. The van der Waals surface area contributed by atoms with E-state index in [1.807, 2.05) is 37.3 Å². The molecule has 0 spiro atoms. The van der Waals surface area contributed by atoms with Crippen molar-refractivity contribution >= 4 is 29.1 Å². The van der Waals surface area contributed by atoms with E-state index in [1.165, 1.54) is 0 Å². The summed E-state index contributed by atoms with van der Waals surface area (Å²) in [4.78, 5) is 40.2. The van der Waals surface area contributed by atoms with Crippen molar-refractivity contribution < 1.29 is 19.1 Å². The van der Waals surface area contributed by atoms with Crippen LogP contribution in [0.1, 0.15) is 35.3 Å². The van der Waals surface area contributed by atoms with Crippen molar-refractivity contribution in [2.45, 2.75) is 19.4 Å². The Hall–Kier alpha value is -4.13. The second-order valence-electron chi connectivity index (χ2n) is 8.24. The number of para-hydroxylation sites is 1. The normalized spacial score (nSPS) is 16.1. The number of rotatable bonds is 7. The third-order valence-corrected chi connectivity index (χ3v) is 5.96. The maximum Gasteiger partial charge on any atom is 0.253 e.